The molecule has 124 valence electrons. The molecule has 0 spiro atoms. The molecule has 0 amide bonds. The molecule has 0 fully saturated rings. The number of benzene rings is 2. The Kier molecular flexibility index (Phi) is 5.64. The molecule has 0 unspecified atom stereocenters. The van der Waals surface area contributed by atoms with Crippen molar-refractivity contribution in [2.45, 2.75) is 23.6 Å². The minimum Gasteiger partial charge on any atom is -0.318 e. The van der Waals surface area contributed by atoms with E-state index in [1.54, 1.807) is 31.2 Å². The number of carbonyl (C=O) groups excluding carboxylic acids is 1. The van der Waals surface area contributed by atoms with E-state index in [0.29, 0.717) is 21.1 Å². The molecule has 0 aliphatic carbocycles. The molecule has 24 heavy (non-hydrogen) atoms. The summed E-state index contributed by atoms with van der Waals surface area (Å²) >= 11 is 1.15. The lowest BCUT2D eigenvalue weighted by molar-refractivity contribution is -0.384. The van der Waals surface area contributed by atoms with Gasteiger partial charge in [0.1, 0.15) is 5.82 Å². The maximum atomic E-state index is 14.2. The van der Waals surface area contributed by atoms with Gasteiger partial charge in [0.15, 0.2) is 0 Å². The largest absolute Gasteiger partial charge is 0.331 e. The summed E-state index contributed by atoms with van der Waals surface area (Å²) in [5, 5.41) is 14.2. The number of nitro benzene ring substituents is 1. The number of carbonyl (C=O) groups is 1. The molecule has 0 aliphatic heterocycles. The highest BCUT2D eigenvalue weighted by atomic mass is 32.2. The summed E-state index contributed by atoms with van der Waals surface area (Å²) in [5.41, 5.74) is 0.838. The number of nitro groups is 1. The quantitative estimate of drug-likeness (QED) is 0.350. The van der Waals surface area contributed by atoms with Crippen LogP contribution in [0.3, 0.4) is 0 Å². The van der Waals surface area contributed by atoms with Crippen LogP contribution in [0.25, 0.3) is 0 Å². The first kappa shape index (κ1) is 17.6. The Hall–Kier alpha value is -2.74. The van der Waals surface area contributed by atoms with Crippen molar-refractivity contribution < 1.29 is 18.9 Å². The van der Waals surface area contributed by atoms with Gasteiger partial charge in [0.05, 0.1) is 10.6 Å². The first-order chi connectivity index (χ1) is 11.4. The molecule has 0 atom stereocenters. The Balaban J connectivity index is 2.16. The van der Waals surface area contributed by atoms with Gasteiger partial charge in [-0.25, -0.2) is 9.18 Å². The highest BCUT2D eigenvalue weighted by molar-refractivity contribution is 7.99. The summed E-state index contributed by atoms with van der Waals surface area (Å²) in [6.45, 7) is 2.82. The maximum absolute atomic E-state index is 14.2. The molecule has 0 heterocycles. The van der Waals surface area contributed by atoms with E-state index in [1.165, 1.54) is 25.1 Å². The van der Waals surface area contributed by atoms with Crippen molar-refractivity contribution in [1.29, 1.82) is 0 Å². The Labute approximate surface area is 141 Å². The number of hydrogen-bond donors (Lipinski definition) is 0. The average molecular weight is 348 g/mol. The number of rotatable bonds is 5. The maximum Gasteiger partial charge on any atom is 0.331 e. The fraction of sp³-hybridized carbons (Fsp3) is 0.125. The van der Waals surface area contributed by atoms with E-state index in [9.17, 15) is 19.3 Å². The fourth-order valence-electron chi connectivity index (χ4n) is 1.76. The van der Waals surface area contributed by atoms with Crippen LogP contribution in [-0.2, 0) is 9.63 Å². The smallest absolute Gasteiger partial charge is 0.318 e. The Bertz CT molecular complexity index is 806. The second-order valence-corrected chi connectivity index (χ2v) is 5.87. The molecular formula is C16H13FN2O4S. The second-order valence-electron chi connectivity index (χ2n) is 4.76. The summed E-state index contributed by atoms with van der Waals surface area (Å²) in [6, 6.07) is 10.4. The molecule has 2 aromatic carbocycles. The summed E-state index contributed by atoms with van der Waals surface area (Å²) in [6.07, 6.45) is 0. The molecule has 8 heteroatoms. The van der Waals surface area contributed by atoms with Crippen LogP contribution < -0.4 is 0 Å². The van der Waals surface area contributed by atoms with Gasteiger partial charge in [-0.1, -0.05) is 23.0 Å². The Morgan fingerprint density at radius 1 is 1.21 bits per heavy atom. The van der Waals surface area contributed by atoms with Crippen LogP contribution in [0, 0.1) is 15.9 Å². The minimum absolute atomic E-state index is 0.0209. The van der Waals surface area contributed by atoms with Crippen LogP contribution in [0.2, 0.25) is 0 Å². The zero-order valence-electron chi connectivity index (χ0n) is 12.9. The fourth-order valence-corrected chi connectivity index (χ4v) is 2.58. The van der Waals surface area contributed by atoms with Crippen LogP contribution >= 0.6 is 11.8 Å². The molecule has 0 N–H and O–H groups in total. The van der Waals surface area contributed by atoms with Crippen LogP contribution in [0.4, 0.5) is 10.1 Å². The van der Waals surface area contributed by atoms with Gasteiger partial charge < -0.3 is 4.84 Å². The molecule has 6 nitrogen and oxygen atoms in total. The van der Waals surface area contributed by atoms with E-state index >= 15 is 0 Å². The van der Waals surface area contributed by atoms with E-state index < -0.39 is 16.7 Å². The van der Waals surface area contributed by atoms with Crippen LogP contribution in [-0.4, -0.2) is 16.6 Å². The van der Waals surface area contributed by atoms with E-state index in [-0.39, 0.29) is 5.69 Å². The first-order valence-corrected chi connectivity index (χ1v) is 7.63. The van der Waals surface area contributed by atoms with Crippen molar-refractivity contribution in [2.24, 2.45) is 5.16 Å². The second kappa shape index (κ2) is 7.69. The Morgan fingerprint density at radius 3 is 2.42 bits per heavy atom. The van der Waals surface area contributed by atoms with Crippen LogP contribution in [0.15, 0.2) is 57.4 Å². The van der Waals surface area contributed by atoms with Crippen molar-refractivity contribution in [1.82, 2.24) is 0 Å². The highest BCUT2D eigenvalue weighted by Crippen LogP contribution is 2.31. The zero-order chi connectivity index (χ0) is 17.7. The standard InChI is InChI=1S/C16H13FN2O4S/c1-10(18-23-11(2)20)12-3-8-16(15(17)9-12)24-14-6-4-13(5-7-14)19(21)22/h3-9H,1-2H3. The monoisotopic (exact) mass is 348 g/mol. The van der Waals surface area contributed by atoms with E-state index in [4.69, 9.17) is 0 Å². The van der Waals surface area contributed by atoms with Gasteiger partial charge in [0, 0.05) is 34.4 Å². The highest BCUT2D eigenvalue weighted by Gasteiger charge is 2.10. The average Bonchev–Trinajstić information content (AvgIpc) is 2.55. The van der Waals surface area contributed by atoms with Crippen molar-refractivity contribution in [3.05, 3.63) is 64.0 Å². The SMILES string of the molecule is CC(=O)ON=C(C)c1ccc(Sc2ccc([N+](=O)[O-])cc2)c(F)c1. The van der Waals surface area contributed by atoms with Crippen LogP contribution in [0.1, 0.15) is 19.4 Å². The normalized spacial score (nSPS) is 11.2. The minimum atomic E-state index is -0.555. The van der Waals surface area contributed by atoms with Crippen molar-refractivity contribution in [2.75, 3.05) is 0 Å². The number of hydrogen-bond acceptors (Lipinski definition) is 6. The number of oxime groups is 1. The van der Waals surface area contributed by atoms with Crippen molar-refractivity contribution >= 4 is 29.1 Å². The third-order valence-corrected chi connectivity index (χ3v) is 3.99. The molecular weight excluding hydrogens is 335 g/mol. The predicted molar refractivity (Wildman–Crippen MR) is 87.6 cm³/mol. The summed E-state index contributed by atoms with van der Waals surface area (Å²) in [5.74, 6) is -1.02. The zero-order valence-corrected chi connectivity index (χ0v) is 13.7. The van der Waals surface area contributed by atoms with E-state index in [0.717, 1.165) is 11.8 Å². The first-order valence-electron chi connectivity index (χ1n) is 6.81. The van der Waals surface area contributed by atoms with Gasteiger partial charge in [-0.05, 0) is 31.2 Å². The van der Waals surface area contributed by atoms with Crippen LogP contribution in [0.5, 0.6) is 0 Å². The molecule has 0 aliphatic rings. The lowest BCUT2D eigenvalue weighted by atomic mass is 10.1. The molecule has 0 saturated carbocycles. The van der Waals surface area contributed by atoms with Gasteiger partial charge in [0.2, 0.25) is 0 Å². The topological polar surface area (TPSA) is 81.8 Å². The van der Waals surface area contributed by atoms with Gasteiger partial charge >= 0.3 is 5.97 Å². The van der Waals surface area contributed by atoms with Gasteiger partial charge in [-0.2, -0.15) is 0 Å². The summed E-state index contributed by atoms with van der Waals surface area (Å²) in [4.78, 5) is 26.4. The lowest BCUT2D eigenvalue weighted by Crippen LogP contribution is -2.00. The van der Waals surface area contributed by atoms with E-state index in [1.807, 2.05) is 0 Å². The van der Waals surface area contributed by atoms with Gasteiger partial charge in [-0.15, -0.1) is 0 Å². The molecule has 0 bridgehead atoms. The number of halogens is 1. The predicted octanol–water partition coefficient (Wildman–Crippen LogP) is 4.17. The third-order valence-electron chi connectivity index (χ3n) is 2.94. The third kappa shape index (κ3) is 4.63. The molecule has 0 aromatic heterocycles. The molecule has 0 saturated heterocycles. The number of non-ortho nitro benzene ring substituents is 1. The number of nitrogens with zero attached hydrogens (tertiary/aromatic N) is 2. The molecule has 2 aromatic rings. The van der Waals surface area contributed by atoms with Gasteiger partial charge in [0.25, 0.3) is 5.69 Å². The molecule has 0 radical (unpaired) electrons. The lowest BCUT2D eigenvalue weighted by Gasteiger charge is -2.06. The van der Waals surface area contributed by atoms with Crippen molar-refractivity contribution in [3.63, 3.8) is 0 Å². The van der Waals surface area contributed by atoms with E-state index in [2.05, 4.69) is 9.99 Å². The Morgan fingerprint density at radius 2 is 1.88 bits per heavy atom. The molecule has 2 rings (SSSR count). The summed E-state index contributed by atoms with van der Waals surface area (Å²) < 4.78 is 14.2. The van der Waals surface area contributed by atoms with Crippen molar-refractivity contribution in [3.8, 4) is 0 Å². The van der Waals surface area contributed by atoms with Gasteiger partial charge in [-0.3, -0.25) is 10.1 Å². The summed E-state index contributed by atoms with van der Waals surface area (Å²) in [7, 11) is 0.